The number of nitrogens with zero attached hydrogens (tertiary/aromatic N) is 2. The Balaban J connectivity index is 2.27. The van der Waals surface area contributed by atoms with Gasteiger partial charge in [0.05, 0.1) is 5.56 Å². The predicted octanol–water partition coefficient (Wildman–Crippen LogP) is 3.00. The van der Waals surface area contributed by atoms with Crippen LogP contribution < -0.4 is 5.73 Å². The van der Waals surface area contributed by atoms with Gasteiger partial charge in [-0.3, -0.25) is 0 Å². The van der Waals surface area contributed by atoms with Crippen LogP contribution in [0.25, 0.3) is 11.5 Å². The molecule has 90 valence electrons. The highest BCUT2D eigenvalue weighted by Gasteiger charge is 2.12. The predicted molar refractivity (Wildman–Crippen MR) is 77.5 cm³/mol. The Bertz CT molecular complexity index is 515. The minimum absolute atomic E-state index is 0.544. The number of nitrogens with two attached hydrogens (primary N) is 1. The lowest BCUT2D eigenvalue weighted by Crippen LogP contribution is -2.01. The zero-order valence-corrected chi connectivity index (χ0v) is 12.7. The first-order valence-corrected chi connectivity index (χ1v) is 7.06. The van der Waals surface area contributed by atoms with E-state index in [-0.39, 0.29) is 0 Å². The van der Waals surface area contributed by atoms with Crippen LogP contribution in [0.3, 0.4) is 0 Å². The van der Waals surface area contributed by atoms with Gasteiger partial charge in [-0.05, 0) is 69.7 Å². The van der Waals surface area contributed by atoms with Crippen LogP contribution in [0.2, 0.25) is 0 Å². The van der Waals surface area contributed by atoms with Crippen LogP contribution in [0.5, 0.6) is 0 Å². The van der Waals surface area contributed by atoms with E-state index < -0.39 is 0 Å². The molecule has 0 saturated heterocycles. The summed E-state index contributed by atoms with van der Waals surface area (Å²) >= 11 is 5.73. The van der Waals surface area contributed by atoms with E-state index in [2.05, 4.69) is 48.7 Å². The van der Waals surface area contributed by atoms with Crippen LogP contribution in [0, 0.1) is 3.57 Å². The summed E-state index contributed by atoms with van der Waals surface area (Å²) in [7, 11) is 0. The van der Waals surface area contributed by atoms with E-state index in [4.69, 9.17) is 10.3 Å². The Hall–Kier alpha value is -0.470. The maximum atomic E-state index is 5.44. The Labute approximate surface area is 121 Å². The van der Waals surface area contributed by atoms with Gasteiger partial charge in [0, 0.05) is 14.5 Å². The quantitative estimate of drug-likeness (QED) is 0.791. The highest BCUT2D eigenvalue weighted by Crippen LogP contribution is 2.28. The normalized spacial score (nSPS) is 10.8. The number of aromatic nitrogens is 2. The van der Waals surface area contributed by atoms with Crippen LogP contribution in [-0.2, 0) is 6.42 Å². The maximum Gasteiger partial charge on any atom is 0.259 e. The highest BCUT2D eigenvalue weighted by atomic mass is 127. The van der Waals surface area contributed by atoms with Crippen molar-refractivity contribution in [3.05, 3.63) is 32.1 Å². The summed E-state index contributed by atoms with van der Waals surface area (Å²) in [4.78, 5) is 4.35. The molecule has 6 heteroatoms. The van der Waals surface area contributed by atoms with Gasteiger partial charge in [0.2, 0.25) is 0 Å². The van der Waals surface area contributed by atoms with E-state index in [1.807, 2.05) is 18.2 Å². The molecule has 1 heterocycles. The van der Waals surface area contributed by atoms with Crippen molar-refractivity contribution in [2.45, 2.75) is 12.8 Å². The van der Waals surface area contributed by atoms with Gasteiger partial charge < -0.3 is 10.3 Å². The first-order valence-electron chi connectivity index (χ1n) is 5.19. The Morgan fingerprint density at radius 2 is 2.24 bits per heavy atom. The molecular formula is C11H11BrIN3O. The van der Waals surface area contributed by atoms with Crippen molar-refractivity contribution in [1.29, 1.82) is 0 Å². The minimum atomic E-state index is 0.544. The molecule has 4 nitrogen and oxygen atoms in total. The monoisotopic (exact) mass is 407 g/mol. The number of halogens is 2. The van der Waals surface area contributed by atoms with Gasteiger partial charge in [-0.1, -0.05) is 5.16 Å². The van der Waals surface area contributed by atoms with Gasteiger partial charge >= 0.3 is 0 Å². The van der Waals surface area contributed by atoms with Crippen LogP contribution in [0.1, 0.15) is 12.2 Å². The van der Waals surface area contributed by atoms with Gasteiger partial charge in [0.25, 0.3) is 5.89 Å². The van der Waals surface area contributed by atoms with Crippen molar-refractivity contribution >= 4 is 38.5 Å². The smallest absolute Gasteiger partial charge is 0.259 e. The molecule has 2 N–H and O–H groups in total. The fourth-order valence-electron chi connectivity index (χ4n) is 1.39. The van der Waals surface area contributed by atoms with Crippen LogP contribution in [-0.4, -0.2) is 16.7 Å². The van der Waals surface area contributed by atoms with E-state index in [0.29, 0.717) is 18.3 Å². The lowest BCUT2D eigenvalue weighted by atomic mass is 10.2. The highest BCUT2D eigenvalue weighted by molar-refractivity contribution is 14.1. The third-order valence-corrected chi connectivity index (χ3v) is 3.59. The summed E-state index contributed by atoms with van der Waals surface area (Å²) in [5, 5.41) is 3.94. The minimum Gasteiger partial charge on any atom is -0.334 e. The Morgan fingerprint density at radius 3 is 3.00 bits per heavy atom. The Kier molecular flexibility index (Phi) is 4.52. The summed E-state index contributed by atoms with van der Waals surface area (Å²) < 4.78 is 7.33. The molecule has 0 atom stereocenters. The molecule has 0 bridgehead atoms. The van der Waals surface area contributed by atoms with Gasteiger partial charge in [-0.25, -0.2) is 0 Å². The largest absolute Gasteiger partial charge is 0.334 e. The standard InChI is InChI=1S/C11H11BrIN3O/c12-9-4-3-7(13)6-8(9)11-15-10(16-17-11)2-1-5-14/h3-4,6H,1-2,5,14H2. The van der Waals surface area contributed by atoms with E-state index in [1.165, 1.54) is 0 Å². The van der Waals surface area contributed by atoms with Gasteiger partial charge in [-0.2, -0.15) is 4.98 Å². The SMILES string of the molecule is NCCCc1noc(-c2cc(I)ccc2Br)n1. The van der Waals surface area contributed by atoms with Crippen molar-refractivity contribution in [2.24, 2.45) is 5.73 Å². The summed E-state index contributed by atoms with van der Waals surface area (Å²) in [6.07, 6.45) is 1.62. The second-order valence-electron chi connectivity index (χ2n) is 3.53. The number of benzene rings is 1. The fraction of sp³-hybridized carbons (Fsp3) is 0.273. The average Bonchev–Trinajstić information content (AvgIpc) is 2.78. The van der Waals surface area contributed by atoms with E-state index in [1.54, 1.807) is 0 Å². The van der Waals surface area contributed by atoms with Gasteiger partial charge in [0.15, 0.2) is 5.82 Å². The van der Waals surface area contributed by atoms with Crippen molar-refractivity contribution in [3.8, 4) is 11.5 Å². The maximum absolute atomic E-state index is 5.44. The zero-order chi connectivity index (χ0) is 12.3. The summed E-state index contributed by atoms with van der Waals surface area (Å²) in [5.41, 5.74) is 6.36. The lowest BCUT2D eigenvalue weighted by Gasteiger charge is -1.98. The second-order valence-corrected chi connectivity index (χ2v) is 5.63. The summed E-state index contributed by atoms with van der Waals surface area (Å²) in [6.45, 7) is 0.636. The number of hydrogen-bond acceptors (Lipinski definition) is 4. The van der Waals surface area contributed by atoms with Crippen LogP contribution in [0.15, 0.2) is 27.2 Å². The third-order valence-electron chi connectivity index (χ3n) is 2.23. The van der Waals surface area contributed by atoms with Crippen molar-refractivity contribution in [2.75, 3.05) is 6.54 Å². The molecule has 0 saturated carbocycles. The lowest BCUT2D eigenvalue weighted by molar-refractivity contribution is 0.421. The van der Waals surface area contributed by atoms with Crippen LogP contribution >= 0.6 is 38.5 Å². The molecule has 0 aliphatic heterocycles. The average molecular weight is 408 g/mol. The molecule has 2 aromatic rings. The zero-order valence-electron chi connectivity index (χ0n) is 8.99. The van der Waals surface area contributed by atoms with E-state index >= 15 is 0 Å². The number of aryl methyl sites for hydroxylation is 1. The molecule has 17 heavy (non-hydrogen) atoms. The molecule has 1 aromatic heterocycles. The Morgan fingerprint density at radius 1 is 1.41 bits per heavy atom. The van der Waals surface area contributed by atoms with Gasteiger partial charge in [0.1, 0.15) is 0 Å². The van der Waals surface area contributed by atoms with Crippen molar-refractivity contribution in [3.63, 3.8) is 0 Å². The molecule has 0 amide bonds. The van der Waals surface area contributed by atoms with Crippen molar-refractivity contribution < 1.29 is 4.52 Å². The number of hydrogen-bond donors (Lipinski definition) is 1. The molecule has 0 unspecified atom stereocenters. The molecule has 0 spiro atoms. The van der Waals surface area contributed by atoms with E-state index in [9.17, 15) is 0 Å². The molecule has 0 aliphatic carbocycles. The molecule has 2 rings (SSSR count). The fourth-order valence-corrected chi connectivity index (χ4v) is 2.29. The van der Waals surface area contributed by atoms with Crippen molar-refractivity contribution in [1.82, 2.24) is 10.1 Å². The molecule has 0 fully saturated rings. The second kappa shape index (κ2) is 5.92. The van der Waals surface area contributed by atoms with Gasteiger partial charge in [-0.15, -0.1) is 0 Å². The third kappa shape index (κ3) is 3.26. The topological polar surface area (TPSA) is 64.9 Å². The van der Waals surface area contributed by atoms with E-state index in [0.717, 1.165) is 26.4 Å². The summed E-state index contributed by atoms with van der Waals surface area (Å²) in [5.74, 6) is 1.25. The molecule has 0 radical (unpaired) electrons. The molecular weight excluding hydrogens is 397 g/mol. The first kappa shape index (κ1) is 13.0. The van der Waals surface area contributed by atoms with Crippen LogP contribution in [0.4, 0.5) is 0 Å². The molecule has 0 aliphatic rings. The first-order chi connectivity index (χ1) is 8.20. The summed E-state index contributed by atoms with van der Waals surface area (Å²) in [6, 6.07) is 5.99. The number of rotatable bonds is 4. The molecule has 1 aromatic carbocycles.